The molecule has 160 valence electrons. The van der Waals surface area contributed by atoms with Gasteiger partial charge in [0.25, 0.3) is 5.91 Å². The van der Waals surface area contributed by atoms with E-state index in [2.05, 4.69) is 19.2 Å². The van der Waals surface area contributed by atoms with Crippen molar-refractivity contribution in [1.82, 2.24) is 0 Å². The number of rotatable bonds is 8. The molecule has 1 amide bonds. The van der Waals surface area contributed by atoms with E-state index >= 15 is 0 Å². The second-order valence-corrected chi connectivity index (χ2v) is 7.39. The van der Waals surface area contributed by atoms with Crippen molar-refractivity contribution in [3.8, 4) is 5.75 Å². The summed E-state index contributed by atoms with van der Waals surface area (Å²) in [5, 5.41) is 4.82. The third kappa shape index (κ3) is 6.19. The van der Waals surface area contributed by atoms with Crippen molar-refractivity contribution in [2.45, 2.75) is 26.2 Å². The Morgan fingerprint density at radius 2 is 1.71 bits per heavy atom. The normalized spacial score (nSPS) is 12.0. The fraction of sp³-hybridized carbons (Fsp3) is 0.231. The molecule has 0 saturated heterocycles. The van der Waals surface area contributed by atoms with Crippen molar-refractivity contribution >= 4 is 34.4 Å². The van der Waals surface area contributed by atoms with E-state index in [4.69, 9.17) is 9.47 Å². The predicted octanol–water partition coefficient (Wildman–Crippen LogP) is 5.56. The molecule has 0 bridgehead atoms. The minimum absolute atomic E-state index is 0.339. The molecule has 0 aromatic heterocycles. The standard InChI is InChI=1S/C26H27NO4/c1-4-18(2)20-8-11-23(12-9-20)27-25(28)17-31-26(29)14-6-19-5-7-22-16-24(30-3)13-10-21(22)15-19/h5-16,18H,4,17H2,1-3H3,(H,27,28)/b14-6+/t18-/m1/s1. The Morgan fingerprint density at radius 3 is 2.42 bits per heavy atom. The molecule has 0 saturated carbocycles. The summed E-state index contributed by atoms with van der Waals surface area (Å²) < 4.78 is 10.3. The van der Waals surface area contributed by atoms with Gasteiger partial charge in [0.1, 0.15) is 5.75 Å². The maximum atomic E-state index is 12.0. The molecule has 1 N–H and O–H groups in total. The van der Waals surface area contributed by atoms with Gasteiger partial charge in [0.05, 0.1) is 7.11 Å². The number of fused-ring (bicyclic) bond motifs is 1. The lowest BCUT2D eigenvalue weighted by molar-refractivity contribution is -0.142. The highest BCUT2D eigenvalue weighted by molar-refractivity contribution is 5.95. The number of ether oxygens (including phenoxy) is 2. The van der Waals surface area contributed by atoms with Gasteiger partial charge in [0.15, 0.2) is 6.61 Å². The number of benzene rings is 3. The predicted molar refractivity (Wildman–Crippen MR) is 124 cm³/mol. The lowest BCUT2D eigenvalue weighted by Gasteiger charge is -2.10. The molecule has 3 aromatic carbocycles. The number of esters is 1. The van der Waals surface area contributed by atoms with Gasteiger partial charge in [-0.15, -0.1) is 0 Å². The summed E-state index contributed by atoms with van der Waals surface area (Å²) in [6, 6.07) is 19.3. The summed E-state index contributed by atoms with van der Waals surface area (Å²) in [6.45, 7) is 3.96. The fourth-order valence-corrected chi connectivity index (χ4v) is 3.15. The van der Waals surface area contributed by atoms with Crippen molar-refractivity contribution in [2.75, 3.05) is 19.0 Å². The van der Waals surface area contributed by atoms with Gasteiger partial charge in [0.2, 0.25) is 0 Å². The number of hydrogen-bond acceptors (Lipinski definition) is 4. The average molecular weight is 418 g/mol. The second kappa shape index (κ2) is 10.4. The summed E-state index contributed by atoms with van der Waals surface area (Å²) in [5.74, 6) is 0.321. The van der Waals surface area contributed by atoms with E-state index < -0.39 is 5.97 Å². The zero-order chi connectivity index (χ0) is 22.2. The third-order valence-electron chi connectivity index (χ3n) is 5.20. The molecule has 0 aliphatic heterocycles. The van der Waals surface area contributed by atoms with Crippen molar-refractivity contribution in [2.24, 2.45) is 0 Å². The summed E-state index contributed by atoms with van der Waals surface area (Å²) in [7, 11) is 1.63. The quantitative estimate of drug-likeness (QED) is 0.385. The van der Waals surface area contributed by atoms with Gasteiger partial charge in [-0.05, 0) is 70.6 Å². The highest BCUT2D eigenvalue weighted by Gasteiger charge is 2.07. The molecule has 0 spiro atoms. The van der Waals surface area contributed by atoms with Gasteiger partial charge in [-0.25, -0.2) is 4.79 Å². The number of carbonyl (C=O) groups excluding carboxylic acids is 2. The van der Waals surface area contributed by atoms with Crippen molar-refractivity contribution in [1.29, 1.82) is 0 Å². The lowest BCUT2D eigenvalue weighted by atomic mass is 9.99. The first-order chi connectivity index (χ1) is 15.0. The zero-order valence-electron chi connectivity index (χ0n) is 18.1. The lowest BCUT2D eigenvalue weighted by Crippen LogP contribution is -2.20. The molecular weight excluding hydrogens is 390 g/mol. The van der Waals surface area contributed by atoms with Crippen LogP contribution in [0.25, 0.3) is 16.8 Å². The van der Waals surface area contributed by atoms with E-state index in [1.165, 1.54) is 11.6 Å². The van der Waals surface area contributed by atoms with Crippen molar-refractivity contribution in [3.05, 3.63) is 77.9 Å². The van der Waals surface area contributed by atoms with Crippen LogP contribution in [0.15, 0.2) is 66.7 Å². The number of amides is 1. The first-order valence-electron chi connectivity index (χ1n) is 10.3. The van der Waals surface area contributed by atoms with Gasteiger partial charge in [-0.2, -0.15) is 0 Å². The molecule has 0 unspecified atom stereocenters. The summed E-state index contributed by atoms with van der Waals surface area (Å²) >= 11 is 0. The van der Waals surface area contributed by atoms with Crippen LogP contribution in [0.3, 0.4) is 0 Å². The highest BCUT2D eigenvalue weighted by Crippen LogP contribution is 2.22. The highest BCUT2D eigenvalue weighted by atomic mass is 16.5. The van der Waals surface area contributed by atoms with Crippen LogP contribution in [-0.4, -0.2) is 25.6 Å². The van der Waals surface area contributed by atoms with E-state index in [1.807, 2.05) is 60.7 Å². The Hall–Kier alpha value is -3.60. The van der Waals surface area contributed by atoms with Gasteiger partial charge in [-0.1, -0.05) is 44.2 Å². The van der Waals surface area contributed by atoms with Gasteiger partial charge < -0.3 is 14.8 Å². The van der Waals surface area contributed by atoms with E-state index in [0.717, 1.165) is 28.5 Å². The van der Waals surface area contributed by atoms with E-state index in [0.29, 0.717) is 11.6 Å². The molecule has 0 fully saturated rings. The molecule has 5 heteroatoms. The first kappa shape index (κ1) is 22.1. The van der Waals surface area contributed by atoms with Crippen LogP contribution in [0.5, 0.6) is 5.75 Å². The number of carbonyl (C=O) groups is 2. The maximum Gasteiger partial charge on any atom is 0.331 e. The second-order valence-electron chi connectivity index (χ2n) is 7.39. The topological polar surface area (TPSA) is 64.6 Å². The molecular formula is C26H27NO4. The van der Waals surface area contributed by atoms with Crippen LogP contribution >= 0.6 is 0 Å². The molecule has 1 atom stereocenters. The van der Waals surface area contributed by atoms with Crippen LogP contribution < -0.4 is 10.1 Å². The summed E-state index contributed by atoms with van der Waals surface area (Å²) in [5.41, 5.74) is 2.77. The fourth-order valence-electron chi connectivity index (χ4n) is 3.15. The number of hydrogen-bond donors (Lipinski definition) is 1. The Balaban J connectivity index is 1.50. The number of methoxy groups -OCH3 is 1. The van der Waals surface area contributed by atoms with Crippen molar-refractivity contribution < 1.29 is 19.1 Å². The van der Waals surface area contributed by atoms with Gasteiger partial charge >= 0.3 is 5.97 Å². The summed E-state index contributed by atoms with van der Waals surface area (Å²) in [4.78, 5) is 24.0. The Labute approximate surface area is 182 Å². The number of nitrogens with one attached hydrogen (secondary N) is 1. The number of anilines is 1. The van der Waals surface area contributed by atoms with E-state index in [-0.39, 0.29) is 12.5 Å². The molecule has 5 nitrogen and oxygen atoms in total. The molecule has 0 heterocycles. The van der Waals surface area contributed by atoms with E-state index in [1.54, 1.807) is 13.2 Å². The SMILES string of the molecule is CC[C@@H](C)c1ccc(NC(=O)COC(=O)/C=C/c2ccc3cc(OC)ccc3c2)cc1. The average Bonchev–Trinajstić information content (AvgIpc) is 2.80. The zero-order valence-corrected chi connectivity index (χ0v) is 18.1. The molecule has 3 aromatic rings. The van der Waals surface area contributed by atoms with Crippen LogP contribution in [0, 0.1) is 0 Å². The van der Waals surface area contributed by atoms with Crippen LogP contribution in [0.1, 0.15) is 37.3 Å². The molecule has 3 rings (SSSR count). The van der Waals surface area contributed by atoms with Crippen LogP contribution in [0.2, 0.25) is 0 Å². The minimum Gasteiger partial charge on any atom is -0.497 e. The monoisotopic (exact) mass is 417 g/mol. The Bertz CT molecular complexity index is 1090. The molecule has 0 radical (unpaired) electrons. The molecule has 0 aliphatic rings. The first-order valence-corrected chi connectivity index (χ1v) is 10.3. The van der Waals surface area contributed by atoms with Crippen LogP contribution in [0.4, 0.5) is 5.69 Å². The maximum absolute atomic E-state index is 12.0. The van der Waals surface area contributed by atoms with E-state index in [9.17, 15) is 9.59 Å². The smallest absolute Gasteiger partial charge is 0.331 e. The largest absolute Gasteiger partial charge is 0.497 e. The van der Waals surface area contributed by atoms with Gasteiger partial charge in [0, 0.05) is 11.8 Å². The Kier molecular flexibility index (Phi) is 7.44. The van der Waals surface area contributed by atoms with Crippen LogP contribution in [-0.2, 0) is 14.3 Å². The molecule has 31 heavy (non-hydrogen) atoms. The van der Waals surface area contributed by atoms with Crippen molar-refractivity contribution in [3.63, 3.8) is 0 Å². The molecule has 0 aliphatic carbocycles. The minimum atomic E-state index is -0.572. The summed E-state index contributed by atoms with van der Waals surface area (Å²) in [6.07, 6.45) is 4.04. The third-order valence-corrected chi connectivity index (χ3v) is 5.20. The Morgan fingerprint density at radius 1 is 1.00 bits per heavy atom. The van der Waals surface area contributed by atoms with Gasteiger partial charge in [-0.3, -0.25) is 4.79 Å².